The van der Waals surface area contributed by atoms with Crippen LogP contribution < -0.4 is 5.32 Å². The molecule has 0 aliphatic carbocycles. The molecule has 0 saturated heterocycles. The van der Waals surface area contributed by atoms with Gasteiger partial charge in [0.25, 0.3) is 0 Å². The summed E-state index contributed by atoms with van der Waals surface area (Å²) in [5.74, 6) is 1.43. The first-order valence-electron chi connectivity index (χ1n) is 4.77. The lowest BCUT2D eigenvalue weighted by molar-refractivity contribution is -0.141. The number of thiazole rings is 1. The van der Waals surface area contributed by atoms with Gasteiger partial charge in [-0.15, -0.1) is 11.3 Å². The molecule has 16 heavy (non-hydrogen) atoms. The second-order valence-corrected chi connectivity index (χ2v) is 5.49. The first-order chi connectivity index (χ1) is 7.49. The number of halogens is 3. The Balaban J connectivity index is 2.91. The lowest BCUT2D eigenvalue weighted by atomic mass is 10.3. The highest BCUT2D eigenvalue weighted by Gasteiger charge is 2.37. The fourth-order valence-electron chi connectivity index (χ4n) is 1.15. The van der Waals surface area contributed by atoms with E-state index in [1.807, 2.05) is 6.92 Å². The quantitative estimate of drug-likeness (QED) is 0.889. The minimum Gasteiger partial charge on any atom is -0.315 e. The lowest BCUT2D eigenvalue weighted by Crippen LogP contribution is -2.12. The van der Waals surface area contributed by atoms with E-state index in [0.29, 0.717) is 10.8 Å². The highest BCUT2D eigenvalue weighted by Crippen LogP contribution is 2.35. The van der Waals surface area contributed by atoms with Crippen molar-refractivity contribution in [3.05, 3.63) is 15.6 Å². The van der Waals surface area contributed by atoms with Gasteiger partial charge in [-0.25, -0.2) is 4.98 Å². The summed E-state index contributed by atoms with van der Waals surface area (Å²) < 4.78 is 37.9. The van der Waals surface area contributed by atoms with Gasteiger partial charge in [0.05, 0.1) is 4.88 Å². The minimum atomic E-state index is -4.35. The standard InChI is InChI=1S/C9H13F3N2S2/c1-3-15-5-7-14-8(9(10,11)12)6(16-7)4-13-2/h13H,3-5H2,1-2H3. The largest absolute Gasteiger partial charge is 0.434 e. The smallest absolute Gasteiger partial charge is 0.315 e. The van der Waals surface area contributed by atoms with E-state index in [9.17, 15) is 13.2 Å². The van der Waals surface area contributed by atoms with E-state index in [1.165, 1.54) is 0 Å². The minimum absolute atomic E-state index is 0.212. The Bertz CT molecular complexity index is 336. The highest BCUT2D eigenvalue weighted by atomic mass is 32.2. The number of hydrogen-bond acceptors (Lipinski definition) is 4. The number of nitrogens with zero attached hydrogens (tertiary/aromatic N) is 1. The Morgan fingerprint density at radius 3 is 2.62 bits per heavy atom. The molecule has 2 nitrogen and oxygen atoms in total. The van der Waals surface area contributed by atoms with Gasteiger partial charge in [0.2, 0.25) is 0 Å². The molecule has 1 aromatic heterocycles. The molecule has 0 saturated carbocycles. The van der Waals surface area contributed by atoms with Crippen molar-refractivity contribution in [2.24, 2.45) is 0 Å². The number of aromatic nitrogens is 1. The van der Waals surface area contributed by atoms with Crippen LogP contribution in [0.4, 0.5) is 13.2 Å². The molecule has 0 radical (unpaired) electrons. The van der Waals surface area contributed by atoms with Gasteiger partial charge in [-0.05, 0) is 12.8 Å². The number of thioether (sulfide) groups is 1. The van der Waals surface area contributed by atoms with Gasteiger partial charge < -0.3 is 5.32 Å². The summed E-state index contributed by atoms with van der Waals surface area (Å²) in [5, 5.41) is 3.28. The van der Waals surface area contributed by atoms with Crippen molar-refractivity contribution in [1.82, 2.24) is 10.3 Å². The van der Waals surface area contributed by atoms with E-state index in [0.717, 1.165) is 17.1 Å². The summed E-state index contributed by atoms with van der Waals surface area (Å²) in [6, 6.07) is 0. The molecule has 1 rings (SSSR count). The molecule has 0 aliphatic rings. The Morgan fingerprint density at radius 2 is 2.12 bits per heavy atom. The third-order valence-electron chi connectivity index (χ3n) is 1.78. The number of alkyl halides is 3. The fraction of sp³-hybridized carbons (Fsp3) is 0.667. The highest BCUT2D eigenvalue weighted by molar-refractivity contribution is 7.98. The Kier molecular flexibility index (Phi) is 5.07. The average molecular weight is 270 g/mol. The third-order valence-corrected chi connectivity index (χ3v) is 3.90. The molecule has 0 bridgehead atoms. The van der Waals surface area contributed by atoms with Crippen molar-refractivity contribution in [3.63, 3.8) is 0 Å². The zero-order valence-electron chi connectivity index (χ0n) is 9.02. The van der Waals surface area contributed by atoms with Gasteiger partial charge in [-0.3, -0.25) is 0 Å². The molecule has 0 aliphatic heterocycles. The van der Waals surface area contributed by atoms with E-state index >= 15 is 0 Å². The van der Waals surface area contributed by atoms with E-state index < -0.39 is 11.9 Å². The average Bonchev–Trinajstić information content (AvgIpc) is 2.58. The predicted octanol–water partition coefficient (Wildman–Crippen LogP) is 3.13. The predicted molar refractivity (Wildman–Crippen MR) is 61.7 cm³/mol. The van der Waals surface area contributed by atoms with Gasteiger partial charge in [-0.2, -0.15) is 24.9 Å². The van der Waals surface area contributed by atoms with Crippen LogP contribution in [0.15, 0.2) is 0 Å². The fourth-order valence-corrected chi connectivity index (χ4v) is 2.98. The molecule has 0 atom stereocenters. The molecule has 0 spiro atoms. The van der Waals surface area contributed by atoms with Crippen LogP contribution >= 0.6 is 23.1 Å². The van der Waals surface area contributed by atoms with Crippen molar-refractivity contribution in [2.75, 3.05) is 12.8 Å². The van der Waals surface area contributed by atoms with E-state index in [1.54, 1.807) is 18.8 Å². The zero-order valence-corrected chi connectivity index (χ0v) is 10.7. The summed E-state index contributed by atoms with van der Waals surface area (Å²) in [6.45, 7) is 2.18. The summed E-state index contributed by atoms with van der Waals surface area (Å²) in [6.07, 6.45) is -4.35. The monoisotopic (exact) mass is 270 g/mol. The van der Waals surface area contributed by atoms with Gasteiger partial charge in [0.1, 0.15) is 5.01 Å². The van der Waals surface area contributed by atoms with Crippen molar-refractivity contribution < 1.29 is 13.2 Å². The van der Waals surface area contributed by atoms with Crippen LogP contribution in [0.1, 0.15) is 22.5 Å². The van der Waals surface area contributed by atoms with Gasteiger partial charge >= 0.3 is 6.18 Å². The van der Waals surface area contributed by atoms with Crippen LogP contribution in [0.25, 0.3) is 0 Å². The molecule has 92 valence electrons. The SMILES string of the molecule is CCSCc1nc(C(F)(F)F)c(CNC)s1. The van der Waals surface area contributed by atoms with Gasteiger partial charge in [0, 0.05) is 12.3 Å². The van der Waals surface area contributed by atoms with Crippen LogP contribution in [-0.4, -0.2) is 17.8 Å². The Morgan fingerprint density at radius 1 is 1.44 bits per heavy atom. The van der Waals surface area contributed by atoms with E-state index in [2.05, 4.69) is 10.3 Å². The summed E-state index contributed by atoms with van der Waals surface area (Å²) in [7, 11) is 1.63. The number of nitrogens with one attached hydrogen (secondary N) is 1. The van der Waals surface area contributed by atoms with Gasteiger partial charge in [-0.1, -0.05) is 6.92 Å². The maximum Gasteiger partial charge on any atom is 0.434 e. The van der Waals surface area contributed by atoms with Crippen LogP contribution in [0.2, 0.25) is 0 Å². The maximum absolute atomic E-state index is 12.6. The first kappa shape index (κ1) is 13.8. The molecule has 1 N–H and O–H groups in total. The van der Waals surface area contributed by atoms with Crippen molar-refractivity contribution in [2.45, 2.75) is 25.4 Å². The van der Waals surface area contributed by atoms with Crippen LogP contribution in [0.5, 0.6) is 0 Å². The first-order valence-corrected chi connectivity index (χ1v) is 6.74. The molecular weight excluding hydrogens is 257 g/mol. The number of hydrogen-bond donors (Lipinski definition) is 1. The van der Waals surface area contributed by atoms with Crippen molar-refractivity contribution >= 4 is 23.1 Å². The Hall–Kier alpha value is -0.270. The van der Waals surface area contributed by atoms with Crippen LogP contribution in [0.3, 0.4) is 0 Å². The normalized spacial score (nSPS) is 12.1. The van der Waals surface area contributed by atoms with Crippen molar-refractivity contribution in [1.29, 1.82) is 0 Å². The van der Waals surface area contributed by atoms with E-state index in [4.69, 9.17) is 0 Å². The molecule has 1 aromatic rings. The van der Waals surface area contributed by atoms with Crippen molar-refractivity contribution in [3.8, 4) is 0 Å². The molecule has 0 aromatic carbocycles. The summed E-state index contributed by atoms with van der Waals surface area (Å²) in [5.41, 5.74) is -0.737. The zero-order chi connectivity index (χ0) is 12.2. The lowest BCUT2D eigenvalue weighted by Gasteiger charge is -2.04. The molecule has 0 fully saturated rings. The van der Waals surface area contributed by atoms with E-state index in [-0.39, 0.29) is 11.4 Å². The molecule has 0 amide bonds. The Labute approximate surface area is 101 Å². The molecule has 0 unspecified atom stereocenters. The second kappa shape index (κ2) is 5.88. The molecular formula is C9H13F3N2S2. The van der Waals surface area contributed by atoms with Crippen LogP contribution in [0, 0.1) is 0 Å². The third kappa shape index (κ3) is 3.64. The molecule has 1 heterocycles. The van der Waals surface area contributed by atoms with Crippen LogP contribution in [-0.2, 0) is 18.5 Å². The topological polar surface area (TPSA) is 24.9 Å². The second-order valence-electron chi connectivity index (χ2n) is 3.04. The molecule has 7 heteroatoms. The summed E-state index contributed by atoms with van der Waals surface area (Å²) in [4.78, 5) is 3.94. The maximum atomic E-state index is 12.6. The number of rotatable bonds is 5. The van der Waals surface area contributed by atoms with Gasteiger partial charge in [0.15, 0.2) is 5.69 Å². The summed E-state index contributed by atoms with van der Waals surface area (Å²) >= 11 is 2.71.